The highest BCUT2D eigenvalue weighted by Crippen LogP contribution is 2.26. The highest BCUT2D eigenvalue weighted by molar-refractivity contribution is 5.79. The van der Waals surface area contributed by atoms with E-state index in [-0.39, 0.29) is 12.3 Å². The number of allylic oxidation sites excluding steroid dienone is 3. The molecule has 1 aromatic rings. The molecule has 1 amide bonds. The normalized spacial score (nSPS) is 25.8. The number of para-hydroxylation sites is 1. The van der Waals surface area contributed by atoms with Crippen molar-refractivity contribution in [3.8, 4) is 5.75 Å². The Morgan fingerprint density at radius 2 is 1.81 bits per heavy atom. The van der Waals surface area contributed by atoms with Crippen molar-refractivity contribution < 1.29 is 34.7 Å². The zero-order valence-corrected chi connectivity index (χ0v) is 18.9. The second-order valence-corrected chi connectivity index (χ2v) is 8.27. The highest BCUT2D eigenvalue weighted by atomic mass is 16.7. The lowest BCUT2D eigenvalue weighted by molar-refractivity contribution is -0.277. The van der Waals surface area contributed by atoms with Crippen molar-refractivity contribution in [1.82, 2.24) is 5.32 Å². The molecular formula is C24H35NO7. The Kier molecular flexibility index (Phi) is 10.3. The van der Waals surface area contributed by atoms with E-state index in [1.807, 2.05) is 13.0 Å². The molecule has 1 aromatic carbocycles. The second-order valence-electron chi connectivity index (χ2n) is 8.27. The summed E-state index contributed by atoms with van der Waals surface area (Å²) in [6, 6.07) is 6.81. The van der Waals surface area contributed by atoms with Crippen LogP contribution >= 0.6 is 0 Å². The van der Waals surface area contributed by atoms with Gasteiger partial charge in [0.2, 0.25) is 12.2 Å². The molecular weight excluding hydrogens is 414 g/mol. The Bertz CT molecular complexity index is 801. The molecule has 1 aliphatic rings. The van der Waals surface area contributed by atoms with E-state index in [9.17, 15) is 25.2 Å². The van der Waals surface area contributed by atoms with E-state index in [1.165, 1.54) is 11.1 Å². The maximum Gasteiger partial charge on any atom is 0.229 e. The van der Waals surface area contributed by atoms with Crippen molar-refractivity contribution in [2.75, 3.05) is 13.2 Å². The number of ether oxygens (including phenoxy) is 2. The van der Waals surface area contributed by atoms with Gasteiger partial charge in [0.05, 0.1) is 13.0 Å². The maximum atomic E-state index is 12.4. The number of carbonyl (C=O) groups is 1. The highest BCUT2D eigenvalue weighted by Gasteiger charge is 2.44. The summed E-state index contributed by atoms with van der Waals surface area (Å²) in [5, 5.41) is 42.2. The second kappa shape index (κ2) is 12.7. The van der Waals surface area contributed by atoms with Crippen LogP contribution in [-0.4, -0.2) is 70.2 Å². The quantitative estimate of drug-likeness (QED) is 0.340. The Morgan fingerprint density at radius 1 is 1.09 bits per heavy atom. The molecule has 32 heavy (non-hydrogen) atoms. The number of amides is 1. The van der Waals surface area contributed by atoms with Gasteiger partial charge in [0, 0.05) is 12.1 Å². The third kappa shape index (κ3) is 7.72. The molecule has 5 unspecified atom stereocenters. The number of hydrogen-bond acceptors (Lipinski definition) is 7. The minimum atomic E-state index is -1.53. The maximum absolute atomic E-state index is 12.4. The first-order valence-electron chi connectivity index (χ1n) is 10.8. The average molecular weight is 450 g/mol. The molecule has 0 bridgehead atoms. The topological polar surface area (TPSA) is 128 Å². The van der Waals surface area contributed by atoms with Crippen LogP contribution < -0.4 is 10.1 Å². The molecule has 1 heterocycles. The smallest absolute Gasteiger partial charge is 0.229 e. The first-order chi connectivity index (χ1) is 15.2. The van der Waals surface area contributed by atoms with Crippen molar-refractivity contribution in [2.24, 2.45) is 0 Å². The zero-order valence-electron chi connectivity index (χ0n) is 18.9. The first-order valence-corrected chi connectivity index (χ1v) is 10.8. The molecule has 8 heteroatoms. The summed E-state index contributed by atoms with van der Waals surface area (Å²) < 4.78 is 11.1. The standard InChI is InChI=1S/C24H35NO7/c1-15(2)7-6-8-16(3)11-12-25-20(27)13-17-9-4-5-10-18(17)31-24-23(30)22(29)21(28)19(14-26)32-24/h4-5,7,9-11,19,21-24,26,28-30H,6,8,12-14H2,1-3H3,(H,25,27). The number of nitrogens with one attached hydrogen (secondary N) is 1. The monoisotopic (exact) mass is 449 g/mol. The van der Waals surface area contributed by atoms with Gasteiger partial charge in [0.1, 0.15) is 30.2 Å². The molecule has 1 saturated heterocycles. The van der Waals surface area contributed by atoms with Crippen molar-refractivity contribution in [2.45, 2.75) is 70.7 Å². The fraction of sp³-hybridized carbons (Fsp3) is 0.542. The van der Waals surface area contributed by atoms with Gasteiger partial charge < -0.3 is 35.2 Å². The lowest BCUT2D eigenvalue weighted by atomic mass is 9.99. The van der Waals surface area contributed by atoms with Gasteiger partial charge in [-0.25, -0.2) is 0 Å². The molecule has 5 atom stereocenters. The predicted octanol–water partition coefficient (Wildman–Crippen LogP) is 1.22. The summed E-state index contributed by atoms with van der Waals surface area (Å²) >= 11 is 0. The van der Waals surface area contributed by atoms with Gasteiger partial charge in [-0.2, -0.15) is 0 Å². The van der Waals surface area contributed by atoms with Crippen LogP contribution in [0, 0.1) is 0 Å². The Morgan fingerprint density at radius 3 is 2.50 bits per heavy atom. The van der Waals surface area contributed by atoms with E-state index in [1.54, 1.807) is 24.3 Å². The van der Waals surface area contributed by atoms with Crippen LogP contribution in [0.2, 0.25) is 0 Å². The molecule has 5 N–H and O–H groups in total. The summed E-state index contributed by atoms with van der Waals surface area (Å²) in [5.74, 6) is 0.114. The third-order valence-electron chi connectivity index (χ3n) is 5.26. The van der Waals surface area contributed by atoms with Crippen LogP contribution in [0.25, 0.3) is 0 Å². The SMILES string of the molecule is CC(C)=CCCC(C)=CCNC(=O)Cc1ccccc1OC1OC(CO)C(O)C(O)C1O. The van der Waals surface area contributed by atoms with Gasteiger partial charge in [-0.15, -0.1) is 0 Å². The number of rotatable bonds is 10. The molecule has 0 aromatic heterocycles. The van der Waals surface area contributed by atoms with E-state index in [2.05, 4.69) is 25.2 Å². The van der Waals surface area contributed by atoms with E-state index in [4.69, 9.17) is 9.47 Å². The van der Waals surface area contributed by atoms with Gasteiger partial charge in [-0.05, 0) is 39.7 Å². The minimum absolute atomic E-state index is 0.0538. The molecule has 178 valence electrons. The van der Waals surface area contributed by atoms with E-state index in [0.29, 0.717) is 17.9 Å². The number of benzene rings is 1. The lowest BCUT2D eigenvalue weighted by Gasteiger charge is -2.39. The van der Waals surface area contributed by atoms with Crippen LogP contribution in [0.1, 0.15) is 39.2 Å². The predicted molar refractivity (Wildman–Crippen MR) is 120 cm³/mol. The van der Waals surface area contributed by atoms with Gasteiger partial charge in [0.15, 0.2) is 0 Å². The van der Waals surface area contributed by atoms with Crippen molar-refractivity contribution >= 4 is 5.91 Å². The van der Waals surface area contributed by atoms with Crippen LogP contribution in [0.15, 0.2) is 47.6 Å². The summed E-state index contributed by atoms with van der Waals surface area (Å²) in [5.41, 5.74) is 3.07. The molecule has 0 aliphatic carbocycles. The molecule has 2 rings (SSSR count). The fourth-order valence-corrected chi connectivity index (χ4v) is 3.32. The fourth-order valence-electron chi connectivity index (χ4n) is 3.32. The number of carbonyl (C=O) groups excluding carboxylic acids is 1. The summed E-state index contributed by atoms with van der Waals surface area (Å²) in [6.45, 7) is 6.05. The largest absolute Gasteiger partial charge is 0.462 e. The lowest BCUT2D eigenvalue weighted by Crippen LogP contribution is -2.60. The Balaban J connectivity index is 1.94. The zero-order chi connectivity index (χ0) is 23.7. The van der Waals surface area contributed by atoms with Crippen molar-refractivity contribution in [1.29, 1.82) is 0 Å². The number of aliphatic hydroxyl groups excluding tert-OH is 4. The molecule has 1 aliphatic heterocycles. The summed E-state index contributed by atoms with van der Waals surface area (Å²) in [7, 11) is 0. The number of hydrogen-bond donors (Lipinski definition) is 5. The molecule has 1 fully saturated rings. The summed E-state index contributed by atoms with van der Waals surface area (Å²) in [4.78, 5) is 12.4. The summed E-state index contributed by atoms with van der Waals surface area (Å²) in [6.07, 6.45) is -0.746. The van der Waals surface area contributed by atoms with Crippen molar-refractivity contribution in [3.63, 3.8) is 0 Å². The molecule has 0 saturated carbocycles. The van der Waals surface area contributed by atoms with Crippen LogP contribution in [0.5, 0.6) is 5.75 Å². The van der Waals surface area contributed by atoms with E-state index < -0.39 is 37.3 Å². The van der Waals surface area contributed by atoms with Crippen LogP contribution in [0.3, 0.4) is 0 Å². The minimum Gasteiger partial charge on any atom is -0.462 e. The van der Waals surface area contributed by atoms with Crippen LogP contribution in [-0.2, 0) is 16.0 Å². The Hall–Kier alpha value is -2.23. The van der Waals surface area contributed by atoms with Gasteiger partial charge in [-0.1, -0.05) is 41.5 Å². The first kappa shape index (κ1) is 26.0. The Labute approximate surface area is 189 Å². The van der Waals surface area contributed by atoms with Crippen LogP contribution in [0.4, 0.5) is 0 Å². The third-order valence-corrected chi connectivity index (χ3v) is 5.26. The molecule has 0 spiro atoms. The van der Waals surface area contributed by atoms with E-state index in [0.717, 1.165) is 12.8 Å². The van der Waals surface area contributed by atoms with E-state index >= 15 is 0 Å². The van der Waals surface area contributed by atoms with Gasteiger partial charge >= 0.3 is 0 Å². The van der Waals surface area contributed by atoms with Crippen molar-refractivity contribution in [3.05, 3.63) is 53.1 Å². The van der Waals surface area contributed by atoms with Gasteiger partial charge in [0.25, 0.3) is 0 Å². The number of aliphatic hydroxyl groups is 4. The van der Waals surface area contributed by atoms with Gasteiger partial charge in [-0.3, -0.25) is 4.79 Å². The average Bonchev–Trinajstić information content (AvgIpc) is 2.75. The molecule has 8 nitrogen and oxygen atoms in total. The molecule has 0 radical (unpaired) electrons.